The van der Waals surface area contributed by atoms with E-state index in [9.17, 15) is 17.2 Å². The molecule has 0 aliphatic rings. The third kappa shape index (κ3) is 3.38. The molecule has 0 unspecified atom stereocenters. The maximum absolute atomic E-state index is 12.3. The molecule has 96 valence electrons. The summed E-state index contributed by atoms with van der Waals surface area (Å²) in [5, 5.41) is 0.764. The molecule has 7 heteroatoms. The Morgan fingerprint density at radius 1 is 1.29 bits per heavy atom. The first kappa shape index (κ1) is 14.4. The summed E-state index contributed by atoms with van der Waals surface area (Å²) in [5.74, 6) is -3.38. The summed E-state index contributed by atoms with van der Waals surface area (Å²) < 4.78 is 46.9. The predicted octanol–water partition coefficient (Wildman–Crippen LogP) is 2.51. The average molecular weight is 328 g/mol. The van der Waals surface area contributed by atoms with E-state index in [1.807, 2.05) is 11.9 Å². The number of hydrogen-bond acceptors (Lipinski definition) is 3. The molecule has 0 aliphatic heterocycles. The largest absolute Gasteiger partial charge is 0.374 e. The molecule has 0 spiro atoms. The fraction of sp³-hybridized carbons (Fsp3) is 0.400. The van der Waals surface area contributed by atoms with E-state index in [1.165, 1.54) is 24.3 Å². The van der Waals surface area contributed by atoms with Crippen LogP contribution >= 0.6 is 15.9 Å². The van der Waals surface area contributed by atoms with Crippen LogP contribution in [0.2, 0.25) is 0 Å². The van der Waals surface area contributed by atoms with Gasteiger partial charge in [-0.05, 0) is 24.3 Å². The molecule has 0 aliphatic carbocycles. The minimum Gasteiger partial charge on any atom is -0.374 e. The van der Waals surface area contributed by atoms with Gasteiger partial charge in [0.15, 0.2) is 0 Å². The maximum atomic E-state index is 12.3. The van der Waals surface area contributed by atoms with Gasteiger partial charge in [-0.1, -0.05) is 15.9 Å². The highest BCUT2D eigenvalue weighted by Gasteiger charge is 2.26. The van der Waals surface area contributed by atoms with Crippen molar-refractivity contribution in [2.24, 2.45) is 0 Å². The van der Waals surface area contributed by atoms with Crippen molar-refractivity contribution in [1.29, 1.82) is 0 Å². The number of anilines is 1. The minimum atomic E-state index is -4.49. The Kier molecular flexibility index (Phi) is 4.88. The highest BCUT2D eigenvalue weighted by molar-refractivity contribution is 9.09. The third-order valence-electron chi connectivity index (χ3n) is 2.26. The Bertz CT molecular complexity index is 462. The van der Waals surface area contributed by atoms with Crippen molar-refractivity contribution in [3.05, 3.63) is 24.3 Å². The SMILES string of the molecule is CN(CCBr)c1ccc(S(=O)(=O)C(F)F)cc1. The lowest BCUT2D eigenvalue weighted by Crippen LogP contribution is -2.19. The van der Waals surface area contributed by atoms with Gasteiger partial charge in [0, 0.05) is 24.6 Å². The van der Waals surface area contributed by atoms with Gasteiger partial charge in [0.1, 0.15) is 0 Å². The fourth-order valence-corrected chi connectivity index (χ4v) is 2.50. The smallest absolute Gasteiger partial charge is 0.341 e. The Morgan fingerprint density at radius 3 is 2.24 bits per heavy atom. The molecule has 0 radical (unpaired) electrons. The first-order valence-corrected chi connectivity index (χ1v) is 7.45. The second-order valence-electron chi connectivity index (χ2n) is 3.41. The van der Waals surface area contributed by atoms with Crippen LogP contribution in [0.1, 0.15) is 0 Å². The van der Waals surface area contributed by atoms with Crippen LogP contribution in [0.3, 0.4) is 0 Å². The quantitative estimate of drug-likeness (QED) is 0.780. The molecule has 0 amide bonds. The lowest BCUT2D eigenvalue weighted by atomic mass is 10.3. The van der Waals surface area contributed by atoms with Gasteiger partial charge in [-0.25, -0.2) is 8.42 Å². The summed E-state index contributed by atoms with van der Waals surface area (Å²) in [6.45, 7) is 0.737. The van der Waals surface area contributed by atoms with Gasteiger partial charge in [-0.15, -0.1) is 0 Å². The van der Waals surface area contributed by atoms with E-state index in [1.54, 1.807) is 0 Å². The summed E-state index contributed by atoms with van der Waals surface area (Å²) >= 11 is 3.28. The Hall–Kier alpha value is -0.690. The van der Waals surface area contributed by atoms with Crippen LogP contribution in [-0.2, 0) is 9.84 Å². The number of alkyl halides is 3. The lowest BCUT2D eigenvalue weighted by molar-refractivity contribution is 0.234. The van der Waals surface area contributed by atoms with Crippen molar-refractivity contribution >= 4 is 31.5 Å². The van der Waals surface area contributed by atoms with Gasteiger partial charge in [-0.3, -0.25) is 0 Å². The van der Waals surface area contributed by atoms with Crippen molar-refractivity contribution < 1.29 is 17.2 Å². The van der Waals surface area contributed by atoms with Gasteiger partial charge in [-0.2, -0.15) is 8.78 Å². The number of benzene rings is 1. The first-order valence-electron chi connectivity index (χ1n) is 4.79. The Balaban J connectivity index is 2.96. The van der Waals surface area contributed by atoms with Crippen molar-refractivity contribution in [1.82, 2.24) is 0 Å². The van der Waals surface area contributed by atoms with E-state index in [4.69, 9.17) is 0 Å². The zero-order valence-electron chi connectivity index (χ0n) is 9.11. The van der Waals surface area contributed by atoms with E-state index in [0.717, 1.165) is 17.6 Å². The maximum Gasteiger partial charge on any atom is 0.341 e. The topological polar surface area (TPSA) is 37.4 Å². The molecule has 1 rings (SSSR count). The van der Waals surface area contributed by atoms with Crippen LogP contribution in [0, 0.1) is 0 Å². The van der Waals surface area contributed by atoms with Crippen molar-refractivity contribution in [3.63, 3.8) is 0 Å². The minimum absolute atomic E-state index is 0.358. The monoisotopic (exact) mass is 327 g/mol. The highest BCUT2D eigenvalue weighted by Crippen LogP contribution is 2.21. The molecule has 0 fully saturated rings. The number of nitrogens with zero attached hydrogens (tertiary/aromatic N) is 1. The second-order valence-corrected chi connectivity index (χ2v) is 6.12. The second kappa shape index (κ2) is 5.77. The Morgan fingerprint density at radius 2 is 1.82 bits per heavy atom. The predicted molar refractivity (Wildman–Crippen MR) is 66.7 cm³/mol. The lowest BCUT2D eigenvalue weighted by Gasteiger charge is -2.18. The van der Waals surface area contributed by atoms with Crippen LogP contribution in [0.4, 0.5) is 14.5 Å². The van der Waals surface area contributed by atoms with E-state index in [2.05, 4.69) is 15.9 Å². The third-order valence-corrected chi connectivity index (χ3v) is 4.01. The molecule has 1 aromatic rings. The molecule has 0 bridgehead atoms. The number of rotatable bonds is 5. The van der Waals surface area contributed by atoms with Gasteiger partial charge in [0.25, 0.3) is 0 Å². The van der Waals surface area contributed by atoms with Gasteiger partial charge < -0.3 is 4.90 Å². The number of halogens is 3. The molecule has 0 atom stereocenters. The van der Waals surface area contributed by atoms with Gasteiger partial charge in [0.05, 0.1) is 4.90 Å². The summed E-state index contributed by atoms with van der Waals surface area (Å²) in [4.78, 5) is 1.52. The molecule has 0 N–H and O–H groups in total. The van der Waals surface area contributed by atoms with E-state index < -0.39 is 15.6 Å². The molecule has 3 nitrogen and oxygen atoms in total. The normalized spacial score (nSPS) is 11.8. The zero-order valence-corrected chi connectivity index (χ0v) is 11.5. The van der Waals surface area contributed by atoms with Crippen LogP contribution < -0.4 is 4.90 Å². The van der Waals surface area contributed by atoms with Crippen molar-refractivity contribution in [2.45, 2.75) is 10.7 Å². The van der Waals surface area contributed by atoms with Crippen molar-refractivity contribution in [3.8, 4) is 0 Å². The van der Waals surface area contributed by atoms with E-state index in [-0.39, 0.29) is 4.90 Å². The van der Waals surface area contributed by atoms with Crippen molar-refractivity contribution in [2.75, 3.05) is 23.8 Å². The standard InChI is InChI=1S/C10H12BrF2NO2S/c1-14(7-6-11)8-2-4-9(5-3-8)17(15,16)10(12)13/h2-5,10H,6-7H2,1H3. The summed E-state index contributed by atoms with van der Waals surface area (Å²) in [5.41, 5.74) is 0.776. The van der Waals surface area contributed by atoms with Crippen LogP contribution in [0.25, 0.3) is 0 Å². The zero-order chi connectivity index (χ0) is 13.1. The molecule has 0 saturated carbocycles. The van der Waals surface area contributed by atoms with E-state index in [0.29, 0.717) is 0 Å². The number of hydrogen-bond donors (Lipinski definition) is 0. The summed E-state index contributed by atoms with van der Waals surface area (Å²) in [7, 11) is -2.66. The summed E-state index contributed by atoms with van der Waals surface area (Å²) in [6.07, 6.45) is 0. The van der Waals surface area contributed by atoms with Gasteiger partial charge >= 0.3 is 5.76 Å². The van der Waals surface area contributed by atoms with Gasteiger partial charge in [0.2, 0.25) is 9.84 Å². The fourth-order valence-electron chi connectivity index (χ4n) is 1.25. The molecule has 0 aromatic heterocycles. The Labute approximate surface area is 107 Å². The van der Waals surface area contributed by atoms with E-state index >= 15 is 0 Å². The molecule has 1 aromatic carbocycles. The summed E-state index contributed by atoms with van der Waals surface area (Å²) in [6, 6.07) is 5.42. The average Bonchev–Trinajstić information content (AvgIpc) is 2.29. The van der Waals surface area contributed by atoms with Crippen LogP contribution in [-0.4, -0.2) is 33.1 Å². The molecule has 0 heterocycles. The van der Waals surface area contributed by atoms with Crippen LogP contribution in [0.15, 0.2) is 29.2 Å². The highest BCUT2D eigenvalue weighted by atomic mass is 79.9. The molecular weight excluding hydrogens is 316 g/mol. The first-order chi connectivity index (χ1) is 7.89. The molecule has 17 heavy (non-hydrogen) atoms. The number of sulfone groups is 1. The van der Waals surface area contributed by atoms with Crippen LogP contribution in [0.5, 0.6) is 0 Å². The molecule has 0 saturated heterocycles. The molecular formula is C10H12BrF2NO2S.